The summed E-state index contributed by atoms with van der Waals surface area (Å²) >= 11 is 0. The van der Waals surface area contributed by atoms with Crippen molar-refractivity contribution in [3.63, 3.8) is 0 Å². The quantitative estimate of drug-likeness (QED) is 0.494. The number of hydrogen-bond donors (Lipinski definition) is 0. The summed E-state index contributed by atoms with van der Waals surface area (Å²) in [6, 6.07) is 26.0. The predicted molar refractivity (Wildman–Crippen MR) is 98.1 cm³/mol. The minimum Gasteiger partial charge on any atom is -0.0683 e. The third-order valence-electron chi connectivity index (χ3n) is 3.57. The minimum atomic E-state index is 1.27. The van der Waals surface area contributed by atoms with Crippen LogP contribution in [0.3, 0.4) is 0 Å². The second kappa shape index (κ2) is 7.61. The molecular formula is C22H24. The Morgan fingerprint density at radius 2 is 0.773 bits per heavy atom. The van der Waals surface area contributed by atoms with E-state index < -0.39 is 0 Å². The van der Waals surface area contributed by atoms with Crippen LogP contribution in [-0.2, 0) is 0 Å². The first-order valence-corrected chi connectivity index (χ1v) is 7.96. The van der Waals surface area contributed by atoms with Crippen LogP contribution in [0.15, 0.2) is 72.8 Å². The molecule has 0 fully saturated rings. The van der Waals surface area contributed by atoms with E-state index in [1.807, 2.05) is 13.8 Å². The molecule has 0 unspecified atom stereocenters. The Morgan fingerprint density at radius 3 is 1.14 bits per heavy atom. The van der Waals surface area contributed by atoms with Gasteiger partial charge in [-0.3, -0.25) is 0 Å². The van der Waals surface area contributed by atoms with Crippen LogP contribution in [0.25, 0.3) is 22.3 Å². The van der Waals surface area contributed by atoms with E-state index >= 15 is 0 Å². The highest BCUT2D eigenvalue weighted by atomic mass is 14.1. The lowest BCUT2D eigenvalue weighted by molar-refractivity contribution is 1.46. The van der Waals surface area contributed by atoms with Crippen LogP contribution in [0, 0.1) is 13.8 Å². The van der Waals surface area contributed by atoms with Crippen molar-refractivity contribution in [2.45, 2.75) is 27.7 Å². The van der Waals surface area contributed by atoms with Crippen molar-refractivity contribution in [2.75, 3.05) is 0 Å². The molecule has 0 amide bonds. The average molecular weight is 288 g/mol. The van der Waals surface area contributed by atoms with Crippen molar-refractivity contribution in [3.05, 3.63) is 83.9 Å². The van der Waals surface area contributed by atoms with Crippen molar-refractivity contribution in [1.82, 2.24) is 0 Å². The fraction of sp³-hybridized carbons (Fsp3) is 0.182. The molecule has 0 aliphatic rings. The standard InChI is InChI=1S/C20H18.C2H6/c1-15-6-3-8-17(12-15)19-10-5-11-20(14-19)18-9-4-7-16(2)13-18;1-2/h3-14H,1-2H3;1-2H3. The average Bonchev–Trinajstić information content (AvgIpc) is 2.57. The zero-order valence-corrected chi connectivity index (χ0v) is 13.9. The highest BCUT2D eigenvalue weighted by molar-refractivity contribution is 5.73. The third kappa shape index (κ3) is 3.85. The molecule has 0 saturated carbocycles. The van der Waals surface area contributed by atoms with E-state index in [1.54, 1.807) is 0 Å². The van der Waals surface area contributed by atoms with E-state index in [4.69, 9.17) is 0 Å². The Bertz CT molecular complexity index is 678. The second-order valence-corrected chi connectivity index (χ2v) is 5.32. The van der Waals surface area contributed by atoms with Gasteiger partial charge < -0.3 is 0 Å². The highest BCUT2D eigenvalue weighted by Crippen LogP contribution is 2.27. The zero-order chi connectivity index (χ0) is 15.9. The van der Waals surface area contributed by atoms with Gasteiger partial charge in [-0.05, 0) is 42.2 Å². The van der Waals surface area contributed by atoms with Crippen LogP contribution in [-0.4, -0.2) is 0 Å². The van der Waals surface area contributed by atoms with Crippen molar-refractivity contribution in [3.8, 4) is 22.3 Å². The number of hydrogen-bond acceptors (Lipinski definition) is 0. The summed E-state index contributed by atoms with van der Waals surface area (Å²) in [7, 11) is 0. The summed E-state index contributed by atoms with van der Waals surface area (Å²) in [6.45, 7) is 8.27. The van der Waals surface area contributed by atoms with E-state index in [0.29, 0.717) is 0 Å². The molecule has 0 nitrogen and oxygen atoms in total. The second-order valence-electron chi connectivity index (χ2n) is 5.32. The molecule has 0 heterocycles. The van der Waals surface area contributed by atoms with Gasteiger partial charge in [0.1, 0.15) is 0 Å². The Labute approximate surface area is 134 Å². The summed E-state index contributed by atoms with van der Waals surface area (Å²) in [5.74, 6) is 0. The lowest BCUT2D eigenvalue weighted by atomic mass is 9.97. The van der Waals surface area contributed by atoms with Crippen molar-refractivity contribution < 1.29 is 0 Å². The van der Waals surface area contributed by atoms with E-state index in [9.17, 15) is 0 Å². The van der Waals surface area contributed by atoms with Crippen molar-refractivity contribution >= 4 is 0 Å². The molecule has 0 aromatic heterocycles. The third-order valence-corrected chi connectivity index (χ3v) is 3.57. The number of aryl methyl sites for hydroxylation is 2. The topological polar surface area (TPSA) is 0 Å². The summed E-state index contributed by atoms with van der Waals surface area (Å²) in [5, 5.41) is 0. The van der Waals surface area contributed by atoms with Gasteiger partial charge in [0.15, 0.2) is 0 Å². The summed E-state index contributed by atoms with van der Waals surface area (Å²) in [4.78, 5) is 0. The maximum atomic E-state index is 2.27. The largest absolute Gasteiger partial charge is 0.0683 e. The number of benzene rings is 3. The lowest BCUT2D eigenvalue weighted by Crippen LogP contribution is -1.83. The molecule has 0 heteroatoms. The predicted octanol–water partition coefficient (Wildman–Crippen LogP) is 6.66. The van der Waals surface area contributed by atoms with Crippen LogP contribution >= 0.6 is 0 Å². The molecule has 0 aliphatic carbocycles. The van der Waals surface area contributed by atoms with Crippen LogP contribution in [0.2, 0.25) is 0 Å². The Hall–Kier alpha value is -2.34. The maximum absolute atomic E-state index is 2.27. The van der Waals surface area contributed by atoms with Crippen molar-refractivity contribution in [1.29, 1.82) is 0 Å². The Balaban J connectivity index is 0.000000847. The molecule has 0 saturated heterocycles. The molecule has 0 N–H and O–H groups in total. The van der Waals surface area contributed by atoms with Crippen LogP contribution in [0.5, 0.6) is 0 Å². The van der Waals surface area contributed by atoms with Crippen LogP contribution < -0.4 is 0 Å². The molecule has 0 radical (unpaired) electrons. The monoisotopic (exact) mass is 288 g/mol. The fourth-order valence-electron chi connectivity index (χ4n) is 2.53. The summed E-state index contributed by atoms with van der Waals surface area (Å²) in [5.41, 5.74) is 7.69. The molecule has 22 heavy (non-hydrogen) atoms. The van der Waals surface area contributed by atoms with Gasteiger partial charge in [-0.25, -0.2) is 0 Å². The van der Waals surface area contributed by atoms with Gasteiger partial charge >= 0.3 is 0 Å². The van der Waals surface area contributed by atoms with E-state index in [0.717, 1.165) is 0 Å². The van der Waals surface area contributed by atoms with Crippen LogP contribution in [0.4, 0.5) is 0 Å². The Kier molecular flexibility index (Phi) is 5.55. The fourth-order valence-corrected chi connectivity index (χ4v) is 2.53. The van der Waals surface area contributed by atoms with Gasteiger partial charge in [0.25, 0.3) is 0 Å². The molecule has 3 aromatic rings. The normalized spacial score (nSPS) is 9.82. The Morgan fingerprint density at radius 1 is 0.455 bits per heavy atom. The SMILES string of the molecule is CC.Cc1cccc(-c2cccc(-c3cccc(C)c3)c2)c1. The van der Waals surface area contributed by atoms with E-state index in [2.05, 4.69) is 86.6 Å². The smallest absolute Gasteiger partial charge is 0.0178 e. The van der Waals surface area contributed by atoms with Gasteiger partial charge in [0.2, 0.25) is 0 Å². The molecule has 0 atom stereocenters. The molecule has 0 bridgehead atoms. The molecular weight excluding hydrogens is 264 g/mol. The minimum absolute atomic E-state index is 1.27. The molecule has 3 rings (SSSR count). The summed E-state index contributed by atoms with van der Waals surface area (Å²) < 4.78 is 0. The van der Waals surface area contributed by atoms with E-state index in [-0.39, 0.29) is 0 Å². The molecule has 112 valence electrons. The van der Waals surface area contributed by atoms with E-state index in [1.165, 1.54) is 33.4 Å². The van der Waals surface area contributed by atoms with Gasteiger partial charge in [-0.2, -0.15) is 0 Å². The highest BCUT2D eigenvalue weighted by Gasteiger charge is 2.02. The zero-order valence-electron chi connectivity index (χ0n) is 13.9. The first-order valence-electron chi connectivity index (χ1n) is 7.96. The first-order chi connectivity index (χ1) is 10.7. The maximum Gasteiger partial charge on any atom is -0.0178 e. The summed E-state index contributed by atoms with van der Waals surface area (Å²) in [6.07, 6.45) is 0. The van der Waals surface area contributed by atoms with Gasteiger partial charge in [-0.15, -0.1) is 0 Å². The molecule has 3 aromatic carbocycles. The van der Waals surface area contributed by atoms with Gasteiger partial charge in [-0.1, -0.05) is 91.7 Å². The molecule has 0 spiro atoms. The number of rotatable bonds is 2. The van der Waals surface area contributed by atoms with Crippen molar-refractivity contribution in [2.24, 2.45) is 0 Å². The first kappa shape index (κ1) is 16.0. The van der Waals surface area contributed by atoms with Gasteiger partial charge in [0, 0.05) is 0 Å². The molecule has 0 aliphatic heterocycles. The van der Waals surface area contributed by atoms with Gasteiger partial charge in [0.05, 0.1) is 0 Å². The lowest BCUT2D eigenvalue weighted by Gasteiger charge is -2.07. The van der Waals surface area contributed by atoms with Crippen LogP contribution in [0.1, 0.15) is 25.0 Å².